The zero-order valence-corrected chi connectivity index (χ0v) is 26.9. The van der Waals surface area contributed by atoms with Crippen molar-refractivity contribution in [3.8, 4) is 11.5 Å². The van der Waals surface area contributed by atoms with E-state index in [-0.39, 0.29) is 29.9 Å². The fourth-order valence-corrected chi connectivity index (χ4v) is 7.49. The Morgan fingerprint density at radius 3 is 2.54 bits per heavy atom. The largest absolute Gasteiger partial charge is 0.482 e. The molecule has 3 unspecified atom stereocenters. The summed E-state index contributed by atoms with van der Waals surface area (Å²) in [4.78, 5) is 17.3. The zero-order valence-electron chi connectivity index (χ0n) is 25.3. The molecule has 3 heterocycles. The predicted molar refractivity (Wildman–Crippen MR) is 168 cm³/mol. The van der Waals surface area contributed by atoms with Crippen molar-refractivity contribution in [2.24, 2.45) is 11.8 Å². The molecule has 4 nitrogen and oxygen atoms in total. The molecular weight excluding hydrogens is 526 g/mol. The Morgan fingerprint density at radius 1 is 1.08 bits per heavy atom. The lowest BCUT2D eigenvalue weighted by Gasteiger charge is -2.39. The number of nitrogens with zero attached hydrogens (tertiary/aromatic N) is 1. The molecule has 0 aromatic heterocycles. The Hall–Kier alpha value is -1.17. The van der Waals surface area contributed by atoms with Crippen LogP contribution >= 0.6 is 24.2 Å². The molecule has 220 valence electrons. The summed E-state index contributed by atoms with van der Waals surface area (Å²) in [7, 11) is 0. The standard InChI is InChI=1S/C33H51NO3S.ClH/c1-7-8-10-14-23(2)25(4)26-21-28(36-32(35)24(3)16-19-34-17-11-9-12-18-34)30-27-15-13-20-38-31(27)33(5,6)37-29(30)22-26;/h21-25H,7-20H2,1-6H3;1H. The molecule has 0 N–H and O–H groups in total. The summed E-state index contributed by atoms with van der Waals surface area (Å²) in [6.45, 7) is 16.6. The van der Waals surface area contributed by atoms with Gasteiger partial charge >= 0.3 is 5.97 Å². The van der Waals surface area contributed by atoms with Crippen molar-refractivity contribution < 1.29 is 14.3 Å². The number of benzene rings is 1. The number of likely N-dealkylation sites (tertiary alicyclic amines) is 1. The number of ether oxygens (including phenoxy) is 2. The highest BCUT2D eigenvalue weighted by atomic mass is 35.5. The number of fused-ring (bicyclic) bond motifs is 2. The zero-order chi connectivity index (χ0) is 27.3. The van der Waals surface area contributed by atoms with Crippen LogP contribution in [0.4, 0.5) is 0 Å². The molecule has 4 rings (SSSR count). The third-order valence-electron chi connectivity index (χ3n) is 8.98. The second-order valence-corrected chi connectivity index (χ2v) is 13.6. The highest BCUT2D eigenvalue weighted by Crippen LogP contribution is 2.53. The maximum absolute atomic E-state index is 13.4. The lowest BCUT2D eigenvalue weighted by Crippen LogP contribution is -2.35. The number of carbonyl (C=O) groups is 1. The quantitative estimate of drug-likeness (QED) is 0.149. The first kappa shape index (κ1) is 32.3. The number of unbranched alkanes of at least 4 members (excludes halogenated alkanes) is 2. The molecule has 3 aliphatic rings. The minimum Gasteiger partial charge on any atom is -0.482 e. The van der Waals surface area contributed by atoms with Crippen LogP contribution in [0.1, 0.15) is 123 Å². The van der Waals surface area contributed by atoms with Gasteiger partial charge in [0.15, 0.2) is 0 Å². The molecule has 0 saturated carbocycles. The summed E-state index contributed by atoms with van der Waals surface area (Å²) in [6.07, 6.45) is 11.9. The van der Waals surface area contributed by atoms with Crippen molar-refractivity contribution in [3.05, 3.63) is 28.2 Å². The molecule has 39 heavy (non-hydrogen) atoms. The van der Waals surface area contributed by atoms with Crippen molar-refractivity contribution in [2.75, 3.05) is 25.4 Å². The van der Waals surface area contributed by atoms with Crippen LogP contribution in [0.2, 0.25) is 0 Å². The Balaban J connectivity index is 0.00000420. The Morgan fingerprint density at radius 2 is 1.82 bits per heavy atom. The smallest absolute Gasteiger partial charge is 0.314 e. The van der Waals surface area contributed by atoms with E-state index < -0.39 is 0 Å². The molecule has 0 spiro atoms. The molecule has 1 fully saturated rings. The molecule has 1 aromatic carbocycles. The summed E-state index contributed by atoms with van der Waals surface area (Å²) in [5, 5.41) is 0. The summed E-state index contributed by atoms with van der Waals surface area (Å²) >= 11 is 1.91. The lowest BCUT2D eigenvalue weighted by molar-refractivity contribution is -0.138. The van der Waals surface area contributed by atoms with Crippen LogP contribution in [0.3, 0.4) is 0 Å². The Labute approximate surface area is 248 Å². The SMILES string of the molecule is CCCCCC(C)C(C)c1cc(OC(=O)C(C)CCN2CCCCC2)c2c(c1)OC(C)(C)C1=C2CCCS1.Cl. The van der Waals surface area contributed by atoms with Crippen LogP contribution in [-0.4, -0.2) is 41.9 Å². The van der Waals surface area contributed by atoms with Crippen molar-refractivity contribution in [3.63, 3.8) is 0 Å². The van der Waals surface area contributed by atoms with E-state index in [4.69, 9.17) is 9.47 Å². The number of piperidine rings is 1. The monoisotopic (exact) mass is 577 g/mol. The van der Waals surface area contributed by atoms with Gasteiger partial charge in [-0.25, -0.2) is 0 Å². The maximum Gasteiger partial charge on any atom is 0.314 e. The van der Waals surface area contributed by atoms with E-state index in [2.05, 4.69) is 51.7 Å². The first-order valence-electron chi connectivity index (χ1n) is 15.4. The number of rotatable bonds is 11. The van der Waals surface area contributed by atoms with E-state index in [0.29, 0.717) is 17.6 Å². The lowest BCUT2D eigenvalue weighted by atomic mass is 9.83. The normalized spacial score (nSPS) is 21.1. The van der Waals surface area contributed by atoms with Gasteiger partial charge in [-0.3, -0.25) is 4.79 Å². The van der Waals surface area contributed by atoms with Gasteiger partial charge in [0.2, 0.25) is 0 Å². The molecular formula is C33H52ClNO3S. The van der Waals surface area contributed by atoms with E-state index in [1.165, 1.54) is 61.0 Å². The van der Waals surface area contributed by atoms with Gasteiger partial charge in [-0.05, 0) is 106 Å². The molecule has 3 aliphatic heterocycles. The van der Waals surface area contributed by atoms with Gasteiger partial charge in [0.1, 0.15) is 17.1 Å². The molecule has 3 atom stereocenters. The molecule has 0 bridgehead atoms. The van der Waals surface area contributed by atoms with Crippen LogP contribution in [-0.2, 0) is 4.79 Å². The van der Waals surface area contributed by atoms with E-state index >= 15 is 0 Å². The highest BCUT2D eigenvalue weighted by molar-refractivity contribution is 8.03. The molecule has 0 aliphatic carbocycles. The summed E-state index contributed by atoms with van der Waals surface area (Å²) in [6, 6.07) is 4.42. The minimum atomic E-state index is -0.356. The summed E-state index contributed by atoms with van der Waals surface area (Å²) < 4.78 is 13.0. The number of esters is 1. The highest BCUT2D eigenvalue weighted by Gasteiger charge is 2.39. The number of halogens is 1. The van der Waals surface area contributed by atoms with Gasteiger partial charge in [-0.2, -0.15) is 0 Å². The second-order valence-electron chi connectivity index (χ2n) is 12.5. The van der Waals surface area contributed by atoms with Crippen LogP contribution in [0.25, 0.3) is 5.57 Å². The van der Waals surface area contributed by atoms with E-state index in [9.17, 15) is 4.79 Å². The van der Waals surface area contributed by atoms with Gasteiger partial charge in [0, 0.05) is 4.91 Å². The van der Waals surface area contributed by atoms with Crippen LogP contribution in [0, 0.1) is 11.8 Å². The minimum absolute atomic E-state index is 0. The number of allylic oxidation sites excluding steroid dienone is 1. The fraction of sp³-hybridized carbons (Fsp3) is 0.727. The first-order chi connectivity index (χ1) is 18.2. The van der Waals surface area contributed by atoms with Crippen molar-refractivity contribution in [2.45, 2.75) is 117 Å². The second kappa shape index (κ2) is 14.6. The summed E-state index contributed by atoms with van der Waals surface area (Å²) in [5.74, 6) is 3.42. The first-order valence-corrected chi connectivity index (χ1v) is 16.4. The van der Waals surface area contributed by atoms with E-state index in [0.717, 1.165) is 56.0 Å². The Bertz CT molecular complexity index is 1000. The van der Waals surface area contributed by atoms with Gasteiger partial charge in [0.05, 0.1) is 11.5 Å². The molecule has 1 saturated heterocycles. The van der Waals surface area contributed by atoms with Gasteiger partial charge in [-0.15, -0.1) is 24.2 Å². The third-order valence-corrected chi connectivity index (χ3v) is 10.5. The number of hydrogen-bond acceptors (Lipinski definition) is 5. The average Bonchev–Trinajstić information content (AvgIpc) is 2.91. The molecule has 1 aromatic rings. The number of hydrogen-bond donors (Lipinski definition) is 0. The fourth-order valence-electron chi connectivity index (χ4n) is 6.23. The third kappa shape index (κ3) is 7.98. The topological polar surface area (TPSA) is 38.8 Å². The Kier molecular flexibility index (Phi) is 12.1. The van der Waals surface area contributed by atoms with E-state index in [1.807, 2.05) is 18.7 Å². The average molecular weight is 578 g/mol. The van der Waals surface area contributed by atoms with Gasteiger partial charge < -0.3 is 14.4 Å². The molecule has 0 radical (unpaired) electrons. The van der Waals surface area contributed by atoms with Crippen LogP contribution in [0.5, 0.6) is 11.5 Å². The summed E-state index contributed by atoms with van der Waals surface area (Å²) in [5.41, 5.74) is 3.22. The van der Waals surface area contributed by atoms with Crippen molar-refractivity contribution in [1.82, 2.24) is 4.90 Å². The van der Waals surface area contributed by atoms with E-state index in [1.54, 1.807) is 0 Å². The van der Waals surface area contributed by atoms with Gasteiger partial charge in [0.25, 0.3) is 0 Å². The maximum atomic E-state index is 13.4. The predicted octanol–water partition coefficient (Wildman–Crippen LogP) is 9.25. The van der Waals surface area contributed by atoms with Crippen molar-refractivity contribution in [1.29, 1.82) is 0 Å². The number of thioether (sulfide) groups is 1. The van der Waals surface area contributed by atoms with Crippen molar-refractivity contribution >= 4 is 35.7 Å². The molecule has 0 amide bonds. The van der Waals surface area contributed by atoms with Gasteiger partial charge in [-0.1, -0.05) is 59.8 Å². The molecule has 6 heteroatoms. The number of carbonyl (C=O) groups excluding carboxylic acids is 1. The van der Waals surface area contributed by atoms with Crippen LogP contribution < -0.4 is 9.47 Å². The van der Waals surface area contributed by atoms with Crippen LogP contribution in [0.15, 0.2) is 17.0 Å².